The van der Waals surface area contributed by atoms with E-state index in [2.05, 4.69) is 22.0 Å². The topological polar surface area (TPSA) is 29.5 Å². The minimum Gasteiger partial charge on any atom is -0.488 e. The van der Waals surface area contributed by atoms with Crippen LogP contribution in [0, 0.1) is 0 Å². The van der Waals surface area contributed by atoms with Crippen molar-refractivity contribution < 1.29 is 9.84 Å². The first-order chi connectivity index (χ1) is 8.69. The van der Waals surface area contributed by atoms with Crippen molar-refractivity contribution in [3.63, 3.8) is 0 Å². The Kier molecular flexibility index (Phi) is 4.80. The zero-order valence-corrected chi connectivity index (χ0v) is 12.5. The van der Waals surface area contributed by atoms with Crippen LogP contribution in [0.5, 0.6) is 5.75 Å². The molecule has 0 bridgehead atoms. The van der Waals surface area contributed by atoms with E-state index < -0.39 is 0 Å². The lowest BCUT2D eigenvalue weighted by Crippen LogP contribution is -1.96. The minimum absolute atomic E-state index is 0.382. The van der Waals surface area contributed by atoms with E-state index in [1.165, 1.54) is 4.88 Å². The Morgan fingerprint density at radius 1 is 1.33 bits per heavy atom. The summed E-state index contributed by atoms with van der Waals surface area (Å²) in [5.74, 6) is 0.826. The molecule has 0 spiro atoms. The summed E-state index contributed by atoms with van der Waals surface area (Å²) in [6.07, 6.45) is 0.343. The van der Waals surface area contributed by atoms with Gasteiger partial charge in [0.05, 0.1) is 6.10 Å². The van der Waals surface area contributed by atoms with Crippen molar-refractivity contribution in [2.75, 3.05) is 0 Å². The first-order valence-corrected chi connectivity index (χ1v) is 7.50. The largest absolute Gasteiger partial charge is 0.488 e. The molecule has 0 amide bonds. The summed E-state index contributed by atoms with van der Waals surface area (Å²) in [4.78, 5) is 1.18. The highest BCUT2D eigenvalue weighted by molar-refractivity contribution is 9.10. The Hall–Kier alpha value is -0.840. The van der Waals surface area contributed by atoms with E-state index in [1.807, 2.05) is 36.6 Å². The third kappa shape index (κ3) is 3.57. The molecule has 2 rings (SSSR count). The van der Waals surface area contributed by atoms with E-state index in [0.717, 1.165) is 22.2 Å². The van der Waals surface area contributed by atoms with Gasteiger partial charge in [-0.25, -0.2) is 0 Å². The first kappa shape index (κ1) is 13.6. The van der Waals surface area contributed by atoms with Crippen molar-refractivity contribution in [3.8, 4) is 5.75 Å². The monoisotopic (exact) mass is 326 g/mol. The lowest BCUT2D eigenvalue weighted by Gasteiger charge is -2.09. The quantitative estimate of drug-likeness (QED) is 0.874. The molecule has 0 saturated heterocycles. The van der Waals surface area contributed by atoms with E-state index in [9.17, 15) is 5.11 Å². The van der Waals surface area contributed by atoms with Gasteiger partial charge in [0.1, 0.15) is 12.4 Å². The molecule has 18 heavy (non-hydrogen) atoms. The molecule has 1 N–H and O–H groups in total. The fourth-order valence-electron chi connectivity index (χ4n) is 1.61. The number of hydrogen-bond acceptors (Lipinski definition) is 3. The number of thiophene rings is 1. The van der Waals surface area contributed by atoms with Gasteiger partial charge in [0.15, 0.2) is 0 Å². The molecule has 1 heterocycles. The first-order valence-electron chi connectivity index (χ1n) is 5.82. The summed E-state index contributed by atoms with van der Waals surface area (Å²) in [6.45, 7) is 2.54. The molecule has 96 valence electrons. The van der Waals surface area contributed by atoms with Gasteiger partial charge in [0.2, 0.25) is 0 Å². The van der Waals surface area contributed by atoms with Gasteiger partial charge in [-0.2, -0.15) is 0 Å². The van der Waals surface area contributed by atoms with Crippen molar-refractivity contribution in [3.05, 3.63) is 50.6 Å². The van der Waals surface area contributed by atoms with Crippen LogP contribution in [0.1, 0.15) is 29.9 Å². The van der Waals surface area contributed by atoms with Crippen LogP contribution in [0.4, 0.5) is 0 Å². The van der Waals surface area contributed by atoms with Crippen LogP contribution < -0.4 is 4.74 Å². The number of ether oxygens (including phenoxy) is 1. The maximum absolute atomic E-state index is 9.69. The van der Waals surface area contributed by atoms with E-state index in [0.29, 0.717) is 6.61 Å². The molecule has 1 atom stereocenters. The Morgan fingerprint density at radius 2 is 2.06 bits per heavy atom. The van der Waals surface area contributed by atoms with Gasteiger partial charge in [0.25, 0.3) is 0 Å². The average Bonchev–Trinajstić information content (AvgIpc) is 2.82. The summed E-state index contributed by atoms with van der Waals surface area (Å²) in [6, 6.07) is 9.68. The molecule has 1 aromatic carbocycles. The second-order valence-electron chi connectivity index (χ2n) is 4.01. The van der Waals surface area contributed by atoms with Crippen molar-refractivity contribution in [2.45, 2.75) is 26.1 Å². The molecule has 0 aliphatic heterocycles. The third-order valence-corrected chi connectivity index (χ3v) is 4.33. The zero-order chi connectivity index (χ0) is 13.0. The zero-order valence-electron chi connectivity index (χ0n) is 10.1. The maximum atomic E-state index is 9.69. The second-order valence-corrected chi connectivity index (χ2v) is 5.92. The van der Waals surface area contributed by atoms with Crippen LogP contribution in [0.25, 0.3) is 0 Å². The number of aliphatic hydroxyl groups excluding tert-OH is 1. The van der Waals surface area contributed by atoms with Crippen molar-refractivity contribution in [2.24, 2.45) is 0 Å². The number of aliphatic hydroxyl groups is 1. The molecule has 2 nitrogen and oxygen atoms in total. The number of rotatable bonds is 5. The fourth-order valence-corrected chi connectivity index (χ4v) is 2.97. The van der Waals surface area contributed by atoms with Crippen molar-refractivity contribution in [1.82, 2.24) is 0 Å². The van der Waals surface area contributed by atoms with Crippen LogP contribution >= 0.6 is 27.3 Å². The Balaban J connectivity index is 1.94. The Bertz CT molecular complexity index is 493. The van der Waals surface area contributed by atoms with E-state index >= 15 is 0 Å². The smallest absolute Gasteiger partial charge is 0.122 e. The number of halogens is 1. The van der Waals surface area contributed by atoms with Crippen LogP contribution in [-0.2, 0) is 6.61 Å². The normalized spacial score (nSPS) is 12.4. The molecule has 0 fully saturated rings. The van der Waals surface area contributed by atoms with Gasteiger partial charge in [-0.15, -0.1) is 11.3 Å². The number of hydrogen-bond donors (Lipinski definition) is 1. The van der Waals surface area contributed by atoms with Crippen LogP contribution in [0.2, 0.25) is 0 Å². The summed E-state index contributed by atoms with van der Waals surface area (Å²) in [7, 11) is 0. The highest BCUT2D eigenvalue weighted by Crippen LogP contribution is 2.23. The van der Waals surface area contributed by atoms with Gasteiger partial charge in [-0.1, -0.05) is 19.1 Å². The van der Waals surface area contributed by atoms with Gasteiger partial charge in [0, 0.05) is 14.7 Å². The Morgan fingerprint density at radius 3 is 2.61 bits per heavy atom. The molecule has 2 aromatic rings. The molecule has 0 radical (unpaired) electrons. The minimum atomic E-state index is -0.382. The predicted molar refractivity (Wildman–Crippen MR) is 78.0 cm³/mol. The summed E-state index contributed by atoms with van der Waals surface area (Å²) in [5.41, 5.74) is 0.934. The molecule has 0 aliphatic rings. The molecule has 0 saturated carbocycles. The molecule has 0 aliphatic carbocycles. The van der Waals surface area contributed by atoms with Gasteiger partial charge in [-0.3, -0.25) is 0 Å². The summed E-state index contributed by atoms with van der Waals surface area (Å²) < 4.78 is 6.77. The maximum Gasteiger partial charge on any atom is 0.122 e. The molecule has 1 aromatic heterocycles. The van der Waals surface area contributed by atoms with E-state index in [1.54, 1.807) is 11.3 Å². The highest BCUT2D eigenvalue weighted by Gasteiger charge is 2.04. The summed E-state index contributed by atoms with van der Waals surface area (Å²) in [5, 5.41) is 11.7. The molecular weight excluding hydrogens is 312 g/mol. The molecular formula is C14H15BrO2S. The standard InChI is InChI=1S/C14H15BrO2S/c1-2-14(16)10-3-5-12(6-4-10)17-8-13-7-11(15)9-18-13/h3-7,9,14,16H,2,8H2,1H3/t14-/m1/s1. The average molecular weight is 327 g/mol. The molecule has 0 unspecified atom stereocenters. The van der Waals surface area contributed by atoms with Crippen molar-refractivity contribution >= 4 is 27.3 Å². The van der Waals surface area contributed by atoms with E-state index in [-0.39, 0.29) is 6.10 Å². The summed E-state index contributed by atoms with van der Waals surface area (Å²) >= 11 is 5.09. The van der Waals surface area contributed by atoms with Crippen LogP contribution in [0.15, 0.2) is 40.2 Å². The highest BCUT2D eigenvalue weighted by atomic mass is 79.9. The third-order valence-electron chi connectivity index (χ3n) is 2.65. The second kappa shape index (κ2) is 6.36. The SMILES string of the molecule is CC[C@@H](O)c1ccc(OCc2cc(Br)cs2)cc1. The fraction of sp³-hybridized carbons (Fsp3) is 0.286. The van der Waals surface area contributed by atoms with Gasteiger partial charge in [-0.05, 0) is 46.1 Å². The molecule has 4 heteroatoms. The van der Waals surface area contributed by atoms with Gasteiger partial charge >= 0.3 is 0 Å². The van der Waals surface area contributed by atoms with Crippen LogP contribution in [0.3, 0.4) is 0 Å². The Labute approximate surface area is 119 Å². The van der Waals surface area contributed by atoms with Crippen molar-refractivity contribution in [1.29, 1.82) is 0 Å². The lowest BCUT2D eigenvalue weighted by molar-refractivity contribution is 0.173. The lowest BCUT2D eigenvalue weighted by atomic mass is 10.1. The van der Waals surface area contributed by atoms with Crippen LogP contribution in [-0.4, -0.2) is 5.11 Å². The van der Waals surface area contributed by atoms with E-state index in [4.69, 9.17) is 4.74 Å². The van der Waals surface area contributed by atoms with Gasteiger partial charge < -0.3 is 9.84 Å². The predicted octanol–water partition coefficient (Wildman–Crippen LogP) is 4.53. The number of benzene rings is 1.